The van der Waals surface area contributed by atoms with Crippen LogP contribution in [0.25, 0.3) is 10.9 Å². The van der Waals surface area contributed by atoms with Crippen LogP contribution < -0.4 is 10.1 Å². The molecule has 158 valence electrons. The molecule has 5 heteroatoms. The van der Waals surface area contributed by atoms with Crippen LogP contribution in [-0.2, 0) is 6.42 Å². The first kappa shape index (κ1) is 21.1. The lowest BCUT2D eigenvalue weighted by molar-refractivity contribution is 0.0931. The third-order valence-corrected chi connectivity index (χ3v) is 6.37. The van der Waals surface area contributed by atoms with Crippen LogP contribution in [0, 0.1) is 0 Å². The number of aryl methyl sites for hydroxylation is 1. The molecule has 4 aromatic rings. The predicted molar refractivity (Wildman–Crippen MR) is 127 cm³/mol. The molecule has 0 bridgehead atoms. The van der Waals surface area contributed by atoms with Crippen molar-refractivity contribution in [2.45, 2.75) is 35.6 Å². The van der Waals surface area contributed by atoms with Gasteiger partial charge in [-0.15, -0.1) is 0 Å². The topological polar surface area (TPSA) is 54.1 Å². The Labute approximate surface area is 187 Å². The summed E-state index contributed by atoms with van der Waals surface area (Å²) in [5.41, 5.74) is 2.75. The van der Waals surface area contributed by atoms with Gasteiger partial charge in [-0.1, -0.05) is 60.3 Å². The first-order valence-electron chi connectivity index (χ1n) is 10.4. The van der Waals surface area contributed by atoms with Crippen LogP contribution in [0.1, 0.15) is 29.4 Å². The predicted octanol–water partition coefficient (Wildman–Crippen LogP) is 6.08. The summed E-state index contributed by atoms with van der Waals surface area (Å²) in [6.07, 6.45) is 1.81. The maximum absolute atomic E-state index is 13.2. The molecular weight excluding hydrogens is 404 g/mol. The number of hydrogen-bond acceptors (Lipinski definition) is 3. The summed E-state index contributed by atoms with van der Waals surface area (Å²) in [5, 5.41) is 4.18. The van der Waals surface area contributed by atoms with Crippen LogP contribution >= 0.6 is 11.8 Å². The van der Waals surface area contributed by atoms with Gasteiger partial charge >= 0.3 is 0 Å². The standard InChI is InChI=1S/C26H26N2O2S/c1-18(13-14-19-9-5-3-6-10-19)27-26(29)24-25(31-21-11-7-4-8-12-21)22-16-15-20(30-2)17-23(22)28-24/h3-12,15-18,28H,13-14H2,1-2H3,(H,27,29). The van der Waals surface area contributed by atoms with Crippen LogP contribution in [-0.4, -0.2) is 24.0 Å². The van der Waals surface area contributed by atoms with Crippen molar-refractivity contribution in [2.75, 3.05) is 7.11 Å². The molecular formula is C26H26N2O2S. The number of methoxy groups -OCH3 is 1. The molecule has 1 atom stereocenters. The molecule has 0 saturated heterocycles. The van der Waals surface area contributed by atoms with E-state index in [2.05, 4.69) is 41.5 Å². The van der Waals surface area contributed by atoms with Crippen LogP contribution in [0.15, 0.2) is 88.7 Å². The molecule has 0 aliphatic heterocycles. The molecule has 1 heterocycles. The monoisotopic (exact) mass is 430 g/mol. The molecule has 31 heavy (non-hydrogen) atoms. The average Bonchev–Trinajstić information content (AvgIpc) is 3.16. The number of H-pyrrole nitrogens is 1. The third-order valence-electron chi connectivity index (χ3n) is 5.23. The second-order valence-corrected chi connectivity index (χ2v) is 8.64. The summed E-state index contributed by atoms with van der Waals surface area (Å²) >= 11 is 1.60. The van der Waals surface area contributed by atoms with E-state index in [9.17, 15) is 4.79 Å². The fraction of sp³-hybridized carbons (Fsp3) is 0.192. The maximum atomic E-state index is 13.2. The van der Waals surface area contributed by atoms with Gasteiger partial charge in [-0.05, 0) is 49.6 Å². The molecule has 0 aliphatic rings. The lowest BCUT2D eigenvalue weighted by Gasteiger charge is -2.14. The Bertz CT molecular complexity index is 1160. The lowest BCUT2D eigenvalue weighted by Crippen LogP contribution is -2.33. The van der Waals surface area contributed by atoms with E-state index in [0.717, 1.165) is 39.3 Å². The number of fused-ring (bicyclic) bond motifs is 1. The Balaban J connectivity index is 1.57. The molecule has 0 aliphatic carbocycles. The highest BCUT2D eigenvalue weighted by atomic mass is 32.2. The quantitative estimate of drug-likeness (QED) is 0.356. The van der Waals surface area contributed by atoms with E-state index in [1.54, 1.807) is 18.9 Å². The van der Waals surface area contributed by atoms with Crippen molar-refractivity contribution >= 4 is 28.6 Å². The molecule has 2 N–H and O–H groups in total. The number of amides is 1. The Morgan fingerprint density at radius 2 is 1.74 bits per heavy atom. The number of nitrogens with one attached hydrogen (secondary N) is 2. The molecule has 0 spiro atoms. The van der Waals surface area contributed by atoms with Gasteiger partial charge in [-0.25, -0.2) is 0 Å². The number of aromatic amines is 1. The summed E-state index contributed by atoms with van der Waals surface area (Å²) in [6.45, 7) is 2.05. The number of rotatable bonds is 8. The van der Waals surface area contributed by atoms with E-state index in [1.807, 2.05) is 54.6 Å². The lowest BCUT2D eigenvalue weighted by atomic mass is 10.1. The summed E-state index contributed by atoms with van der Waals surface area (Å²) in [7, 11) is 1.64. The smallest absolute Gasteiger partial charge is 0.269 e. The first-order chi connectivity index (χ1) is 15.1. The zero-order chi connectivity index (χ0) is 21.6. The highest BCUT2D eigenvalue weighted by molar-refractivity contribution is 7.99. The van der Waals surface area contributed by atoms with E-state index in [0.29, 0.717) is 5.69 Å². The molecule has 3 aromatic carbocycles. The summed E-state index contributed by atoms with van der Waals surface area (Å²) in [6, 6.07) is 26.4. The average molecular weight is 431 g/mol. The number of carbonyl (C=O) groups is 1. The summed E-state index contributed by atoms with van der Waals surface area (Å²) < 4.78 is 5.36. The normalized spacial score (nSPS) is 11.9. The van der Waals surface area contributed by atoms with E-state index >= 15 is 0 Å². The minimum atomic E-state index is -0.0887. The van der Waals surface area contributed by atoms with Gasteiger partial charge < -0.3 is 15.0 Å². The summed E-state index contributed by atoms with van der Waals surface area (Å²) in [5.74, 6) is 0.669. The van der Waals surface area contributed by atoms with E-state index in [1.165, 1.54) is 5.56 Å². The van der Waals surface area contributed by atoms with Crippen LogP contribution in [0.4, 0.5) is 0 Å². The highest BCUT2D eigenvalue weighted by Gasteiger charge is 2.20. The van der Waals surface area contributed by atoms with Crippen LogP contribution in [0.3, 0.4) is 0 Å². The van der Waals surface area contributed by atoms with Gasteiger partial charge in [-0.3, -0.25) is 4.79 Å². The molecule has 1 aromatic heterocycles. The van der Waals surface area contributed by atoms with Crippen molar-refractivity contribution in [3.63, 3.8) is 0 Å². The Kier molecular flexibility index (Phi) is 6.63. The molecule has 1 amide bonds. The Morgan fingerprint density at radius 3 is 2.45 bits per heavy atom. The summed E-state index contributed by atoms with van der Waals surface area (Å²) in [4.78, 5) is 18.6. The van der Waals surface area contributed by atoms with Crippen molar-refractivity contribution in [3.8, 4) is 5.75 Å². The van der Waals surface area contributed by atoms with Crippen molar-refractivity contribution < 1.29 is 9.53 Å². The highest BCUT2D eigenvalue weighted by Crippen LogP contribution is 2.37. The molecule has 0 fully saturated rings. The largest absolute Gasteiger partial charge is 0.497 e. The zero-order valence-electron chi connectivity index (χ0n) is 17.7. The van der Waals surface area contributed by atoms with E-state index in [-0.39, 0.29) is 11.9 Å². The number of ether oxygens (including phenoxy) is 1. The second-order valence-electron chi connectivity index (χ2n) is 7.55. The van der Waals surface area contributed by atoms with Crippen molar-refractivity contribution in [2.24, 2.45) is 0 Å². The Morgan fingerprint density at radius 1 is 1.03 bits per heavy atom. The first-order valence-corrected chi connectivity index (χ1v) is 11.2. The van der Waals surface area contributed by atoms with Gasteiger partial charge in [0.25, 0.3) is 5.91 Å². The third kappa shape index (κ3) is 5.12. The van der Waals surface area contributed by atoms with Crippen molar-refractivity contribution in [3.05, 3.63) is 90.1 Å². The molecule has 0 saturated carbocycles. The maximum Gasteiger partial charge on any atom is 0.269 e. The zero-order valence-corrected chi connectivity index (χ0v) is 18.5. The second kappa shape index (κ2) is 9.75. The van der Waals surface area contributed by atoms with Gasteiger partial charge in [0.2, 0.25) is 0 Å². The molecule has 4 rings (SSSR count). The SMILES string of the molecule is COc1ccc2c(Sc3ccccc3)c(C(=O)NC(C)CCc3ccccc3)[nH]c2c1. The van der Waals surface area contributed by atoms with Crippen molar-refractivity contribution in [1.29, 1.82) is 0 Å². The molecule has 1 unspecified atom stereocenters. The number of carbonyl (C=O) groups excluding carboxylic acids is 1. The van der Waals surface area contributed by atoms with Crippen LogP contribution in [0.2, 0.25) is 0 Å². The van der Waals surface area contributed by atoms with Gasteiger partial charge in [0.1, 0.15) is 11.4 Å². The minimum Gasteiger partial charge on any atom is -0.497 e. The number of benzene rings is 3. The van der Waals surface area contributed by atoms with Gasteiger partial charge in [0.15, 0.2) is 0 Å². The minimum absolute atomic E-state index is 0.0585. The van der Waals surface area contributed by atoms with Gasteiger partial charge in [0.05, 0.1) is 17.5 Å². The molecule has 0 radical (unpaired) electrons. The number of hydrogen-bond donors (Lipinski definition) is 2. The van der Waals surface area contributed by atoms with E-state index < -0.39 is 0 Å². The Hall–Kier alpha value is -3.18. The van der Waals surface area contributed by atoms with Crippen LogP contribution in [0.5, 0.6) is 5.75 Å². The van der Waals surface area contributed by atoms with Gasteiger partial charge in [-0.2, -0.15) is 0 Å². The fourth-order valence-corrected chi connectivity index (χ4v) is 4.61. The fourth-order valence-electron chi connectivity index (χ4n) is 3.55. The number of aromatic nitrogens is 1. The molecule has 4 nitrogen and oxygen atoms in total. The van der Waals surface area contributed by atoms with Gasteiger partial charge in [0, 0.05) is 22.4 Å². The van der Waals surface area contributed by atoms with E-state index in [4.69, 9.17) is 4.74 Å². The van der Waals surface area contributed by atoms with Crippen molar-refractivity contribution in [1.82, 2.24) is 10.3 Å².